The van der Waals surface area contributed by atoms with E-state index in [1.165, 1.54) is 19.3 Å². The van der Waals surface area contributed by atoms with E-state index in [0.29, 0.717) is 6.42 Å². The molecule has 0 aromatic rings. The number of carboxylic acid groups (broad SMARTS) is 1. The molecule has 0 aromatic carbocycles. The van der Waals surface area contributed by atoms with Crippen LogP contribution in [0.5, 0.6) is 0 Å². The van der Waals surface area contributed by atoms with Crippen molar-refractivity contribution in [2.45, 2.75) is 51.9 Å². The third kappa shape index (κ3) is 18.8. The van der Waals surface area contributed by atoms with Crippen molar-refractivity contribution >= 4 is 17.7 Å². The summed E-state index contributed by atoms with van der Waals surface area (Å²) in [7, 11) is 0. The van der Waals surface area contributed by atoms with Crippen LogP contribution in [0.4, 0.5) is 0 Å². The van der Waals surface area contributed by atoms with Crippen molar-refractivity contribution in [3.05, 3.63) is 42.2 Å². The van der Waals surface area contributed by atoms with Gasteiger partial charge in [0, 0.05) is 12.2 Å². The summed E-state index contributed by atoms with van der Waals surface area (Å²) in [6.45, 7) is 2.21. The molecular weight excluding hydrogens is 280 g/mol. The van der Waals surface area contributed by atoms with E-state index in [0.717, 1.165) is 24.3 Å². The highest BCUT2D eigenvalue weighted by Gasteiger charge is 1.90. The van der Waals surface area contributed by atoms with Crippen molar-refractivity contribution in [1.82, 2.24) is 0 Å². The molecule has 0 heterocycles. The Labute approximate surface area is 133 Å². The van der Waals surface area contributed by atoms with Gasteiger partial charge in [0.25, 0.3) is 0 Å². The Balaban J connectivity index is 3.37. The maximum atomic E-state index is 10.3. The zero-order valence-corrected chi connectivity index (χ0v) is 13.9. The number of rotatable bonds is 13. The quantitative estimate of drug-likeness (QED) is 0.282. The summed E-state index contributed by atoms with van der Waals surface area (Å²) < 4.78 is 0. The number of hydrogen-bond acceptors (Lipinski definition) is 2. The van der Waals surface area contributed by atoms with Crippen LogP contribution >= 0.6 is 11.8 Å². The van der Waals surface area contributed by atoms with Crippen molar-refractivity contribution in [3.63, 3.8) is 0 Å². The van der Waals surface area contributed by atoms with Gasteiger partial charge in [-0.2, -0.15) is 11.8 Å². The summed E-state index contributed by atoms with van der Waals surface area (Å²) in [4.78, 5) is 10.3. The number of carboxylic acids is 1. The molecule has 0 unspecified atom stereocenters. The van der Waals surface area contributed by atoms with Crippen LogP contribution in [0.15, 0.2) is 42.2 Å². The number of unbranched alkanes of at least 4 members (excludes halogenated alkanes) is 2. The fraction of sp³-hybridized carbons (Fsp3) is 0.556. The summed E-state index contributed by atoms with van der Waals surface area (Å²) >= 11 is 1.90. The number of carbonyl (C=O) groups is 1. The molecule has 0 aromatic heterocycles. The van der Waals surface area contributed by atoms with E-state index in [2.05, 4.69) is 37.0 Å². The van der Waals surface area contributed by atoms with Gasteiger partial charge in [0.1, 0.15) is 0 Å². The van der Waals surface area contributed by atoms with Crippen LogP contribution in [0.2, 0.25) is 0 Å². The Morgan fingerprint density at radius 3 is 2.62 bits per heavy atom. The molecule has 0 amide bonds. The molecule has 0 rings (SSSR count). The van der Waals surface area contributed by atoms with Gasteiger partial charge in [-0.1, -0.05) is 44.1 Å². The van der Waals surface area contributed by atoms with Crippen LogP contribution in [0, 0.1) is 0 Å². The lowest BCUT2D eigenvalue weighted by atomic mass is 10.2. The zero-order chi connectivity index (χ0) is 15.6. The highest BCUT2D eigenvalue weighted by Crippen LogP contribution is 2.04. The Bertz CT molecular complexity index is 363. The monoisotopic (exact) mass is 308 g/mol. The highest BCUT2D eigenvalue weighted by atomic mass is 32.2. The molecule has 21 heavy (non-hydrogen) atoms. The highest BCUT2D eigenvalue weighted by molar-refractivity contribution is 7.99. The lowest BCUT2D eigenvalue weighted by Crippen LogP contribution is -1.91. The molecule has 0 atom stereocenters. The third-order valence-electron chi connectivity index (χ3n) is 2.69. The molecule has 0 aliphatic rings. The van der Waals surface area contributed by atoms with Gasteiger partial charge >= 0.3 is 5.97 Å². The Morgan fingerprint density at radius 2 is 1.86 bits per heavy atom. The first-order valence-electron chi connectivity index (χ1n) is 7.76. The Morgan fingerprint density at radius 1 is 1.10 bits per heavy atom. The Hall–Kier alpha value is -1.18. The predicted octanol–water partition coefficient (Wildman–Crippen LogP) is 5.38. The Kier molecular flexibility index (Phi) is 15.9. The van der Waals surface area contributed by atoms with Crippen molar-refractivity contribution in [1.29, 1.82) is 0 Å². The maximum absolute atomic E-state index is 10.3. The van der Waals surface area contributed by atoms with Crippen LogP contribution in [0.3, 0.4) is 0 Å². The van der Waals surface area contributed by atoms with Crippen LogP contribution in [0.1, 0.15) is 51.9 Å². The summed E-state index contributed by atoms with van der Waals surface area (Å²) in [5, 5.41) is 8.46. The molecule has 0 aliphatic carbocycles. The minimum Gasteiger partial charge on any atom is -0.481 e. The lowest BCUT2D eigenvalue weighted by Gasteiger charge is -1.92. The van der Waals surface area contributed by atoms with E-state index in [9.17, 15) is 4.79 Å². The molecule has 0 saturated heterocycles. The SMILES string of the molecule is CCCCC=CCC=CCSCCC=C=CCCC(=O)O. The van der Waals surface area contributed by atoms with Crippen molar-refractivity contribution in [2.75, 3.05) is 11.5 Å². The third-order valence-corrected chi connectivity index (χ3v) is 3.64. The molecule has 0 spiro atoms. The number of hydrogen-bond donors (Lipinski definition) is 1. The van der Waals surface area contributed by atoms with Crippen molar-refractivity contribution in [2.24, 2.45) is 0 Å². The minimum atomic E-state index is -0.754. The van der Waals surface area contributed by atoms with E-state index in [-0.39, 0.29) is 6.42 Å². The van der Waals surface area contributed by atoms with Crippen molar-refractivity contribution in [3.8, 4) is 0 Å². The van der Waals surface area contributed by atoms with E-state index in [1.807, 2.05) is 17.8 Å². The summed E-state index contributed by atoms with van der Waals surface area (Å²) in [6.07, 6.45) is 19.2. The normalized spacial score (nSPS) is 10.9. The summed E-state index contributed by atoms with van der Waals surface area (Å²) in [5.74, 6) is 1.38. The first kappa shape index (κ1) is 19.8. The number of allylic oxidation sites excluding steroid dienone is 4. The second-order valence-electron chi connectivity index (χ2n) is 4.69. The molecule has 0 fully saturated rings. The van der Waals surface area contributed by atoms with Crippen LogP contribution < -0.4 is 0 Å². The number of aliphatic carboxylic acids is 1. The minimum absolute atomic E-state index is 0.188. The van der Waals surface area contributed by atoms with Crippen molar-refractivity contribution < 1.29 is 9.90 Å². The lowest BCUT2D eigenvalue weighted by molar-refractivity contribution is -0.136. The average Bonchev–Trinajstić information content (AvgIpc) is 2.46. The molecule has 0 radical (unpaired) electrons. The van der Waals surface area contributed by atoms with Gasteiger partial charge in [-0.3, -0.25) is 4.79 Å². The maximum Gasteiger partial charge on any atom is 0.303 e. The molecular formula is C18H28O2S. The fourth-order valence-corrected chi connectivity index (χ4v) is 2.24. The molecule has 0 aliphatic heterocycles. The molecule has 1 N–H and O–H groups in total. The fourth-order valence-electron chi connectivity index (χ4n) is 1.52. The average molecular weight is 308 g/mol. The molecule has 118 valence electrons. The zero-order valence-electron chi connectivity index (χ0n) is 13.1. The van der Waals surface area contributed by atoms with E-state index in [4.69, 9.17) is 5.11 Å². The van der Waals surface area contributed by atoms with Crippen LogP contribution in [-0.4, -0.2) is 22.6 Å². The second kappa shape index (κ2) is 16.9. The van der Waals surface area contributed by atoms with Gasteiger partial charge in [-0.15, -0.1) is 5.73 Å². The molecule has 0 bridgehead atoms. The van der Waals surface area contributed by atoms with E-state index < -0.39 is 5.97 Å². The first-order valence-corrected chi connectivity index (χ1v) is 8.91. The molecule has 3 heteroatoms. The molecule has 0 saturated carbocycles. The topological polar surface area (TPSA) is 37.3 Å². The largest absolute Gasteiger partial charge is 0.481 e. The first-order chi connectivity index (χ1) is 10.3. The summed E-state index contributed by atoms with van der Waals surface area (Å²) in [6, 6.07) is 0. The van der Waals surface area contributed by atoms with Gasteiger partial charge in [0.2, 0.25) is 0 Å². The number of thioether (sulfide) groups is 1. The summed E-state index contributed by atoms with van der Waals surface area (Å²) in [5.41, 5.74) is 3.02. The second-order valence-corrected chi connectivity index (χ2v) is 5.84. The van der Waals surface area contributed by atoms with Gasteiger partial charge in [-0.05, 0) is 43.6 Å². The van der Waals surface area contributed by atoms with Gasteiger partial charge in [0.05, 0.1) is 0 Å². The van der Waals surface area contributed by atoms with Crippen LogP contribution in [-0.2, 0) is 4.79 Å². The van der Waals surface area contributed by atoms with E-state index in [1.54, 1.807) is 6.08 Å². The van der Waals surface area contributed by atoms with Gasteiger partial charge < -0.3 is 5.11 Å². The van der Waals surface area contributed by atoms with Crippen LogP contribution in [0.25, 0.3) is 0 Å². The van der Waals surface area contributed by atoms with Gasteiger partial charge in [-0.25, -0.2) is 0 Å². The van der Waals surface area contributed by atoms with Gasteiger partial charge in [0.15, 0.2) is 0 Å². The predicted molar refractivity (Wildman–Crippen MR) is 93.9 cm³/mol. The smallest absolute Gasteiger partial charge is 0.303 e. The molecule has 2 nitrogen and oxygen atoms in total. The van der Waals surface area contributed by atoms with E-state index >= 15 is 0 Å². The standard InChI is InChI=1S/C18H28O2S/c1-2-3-4-5-6-7-10-13-16-21-17-14-11-8-9-12-15-18(19)20/h5-6,9-11,13H,2-4,7,12,14-17H2,1H3,(H,19,20).